The lowest BCUT2D eigenvalue weighted by molar-refractivity contribution is 0.0758. The Morgan fingerprint density at radius 3 is 2.78 bits per heavy atom. The van der Waals surface area contributed by atoms with Crippen LogP contribution in [0.4, 0.5) is 0 Å². The SMILES string of the molecule is CCCc1ccc(CN2C[C@@H](Cc3cc(C)no3)[C@@H](OC)C2)o1. The van der Waals surface area contributed by atoms with E-state index in [4.69, 9.17) is 13.7 Å². The molecule has 1 aliphatic rings. The highest BCUT2D eigenvalue weighted by molar-refractivity contribution is 5.09. The van der Waals surface area contributed by atoms with Gasteiger partial charge in [-0.2, -0.15) is 0 Å². The molecule has 1 fully saturated rings. The van der Waals surface area contributed by atoms with E-state index in [0.717, 1.165) is 61.9 Å². The van der Waals surface area contributed by atoms with Crippen molar-refractivity contribution in [1.82, 2.24) is 10.1 Å². The largest absolute Gasteiger partial charge is 0.465 e. The van der Waals surface area contributed by atoms with Crippen molar-refractivity contribution < 1.29 is 13.7 Å². The number of hydrogen-bond acceptors (Lipinski definition) is 5. The molecule has 2 aromatic rings. The Kier molecular flexibility index (Phi) is 5.18. The topological polar surface area (TPSA) is 51.6 Å². The maximum Gasteiger partial charge on any atom is 0.137 e. The van der Waals surface area contributed by atoms with Gasteiger partial charge in [0.2, 0.25) is 0 Å². The lowest BCUT2D eigenvalue weighted by atomic mass is 10.0. The highest BCUT2D eigenvalue weighted by atomic mass is 16.5. The molecule has 126 valence electrons. The lowest BCUT2D eigenvalue weighted by Crippen LogP contribution is -2.23. The first-order valence-corrected chi connectivity index (χ1v) is 8.43. The Morgan fingerprint density at radius 2 is 2.09 bits per heavy atom. The van der Waals surface area contributed by atoms with Gasteiger partial charge in [-0.05, 0) is 25.5 Å². The minimum atomic E-state index is 0.227. The van der Waals surface area contributed by atoms with Crippen LogP contribution in [0.1, 0.15) is 36.3 Å². The molecule has 23 heavy (non-hydrogen) atoms. The van der Waals surface area contributed by atoms with E-state index in [1.165, 1.54) is 0 Å². The maximum absolute atomic E-state index is 5.90. The molecule has 2 atom stereocenters. The van der Waals surface area contributed by atoms with Crippen LogP contribution in [-0.2, 0) is 24.1 Å². The van der Waals surface area contributed by atoms with Crippen molar-refractivity contribution in [2.24, 2.45) is 5.92 Å². The van der Waals surface area contributed by atoms with Gasteiger partial charge in [-0.25, -0.2) is 0 Å². The van der Waals surface area contributed by atoms with Crippen LogP contribution in [-0.4, -0.2) is 36.4 Å². The zero-order valence-corrected chi connectivity index (χ0v) is 14.2. The number of aryl methyl sites for hydroxylation is 2. The van der Waals surface area contributed by atoms with Gasteiger partial charge in [0.1, 0.15) is 17.3 Å². The standard InChI is InChI=1S/C18H26N2O3/c1-4-5-15-6-7-16(22-15)11-20-10-14(18(12-20)21-3)9-17-8-13(2)19-23-17/h6-8,14,18H,4-5,9-12H2,1-3H3/t14-,18+/m1/s1. The molecule has 0 radical (unpaired) electrons. The predicted octanol–water partition coefficient (Wildman–Crippen LogP) is 3.22. The van der Waals surface area contributed by atoms with E-state index < -0.39 is 0 Å². The molecule has 3 heterocycles. The second kappa shape index (κ2) is 7.32. The van der Waals surface area contributed by atoms with Crippen LogP contribution in [0.5, 0.6) is 0 Å². The average molecular weight is 318 g/mol. The van der Waals surface area contributed by atoms with Crippen molar-refractivity contribution >= 4 is 0 Å². The van der Waals surface area contributed by atoms with Gasteiger partial charge in [-0.15, -0.1) is 0 Å². The number of furan rings is 1. The molecule has 0 aliphatic carbocycles. The molecule has 5 nitrogen and oxygen atoms in total. The van der Waals surface area contributed by atoms with Crippen molar-refractivity contribution in [2.75, 3.05) is 20.2 Å². The quantitative estimate of drug-likeness (QED) is 0.784. The fourth-order valence-electron chi connectivity index (χ4n) is 3.40. The molecule has 0 saturated carbocycles. The lowest BCUT2D eigenvalue weighted by Gasteiger charge is -2.14. The zero-order chi connectivity index (χ0) is 16.2. The molecule has 1 aliphatic heterocycles. The number of methoxy groups -OCH3 is 1. The summed E-state index contributed by atoms with van der Waals surface area (Å²) in [5, 5.41) is 3.97. The Bertz CT molecular complexity index is 619. The summed E-state index contributed by atoms with van der Waals surface area (Å²) in [6.45, 7) is 6.88. The number of rotatable bonds is 7. The van der Waals surface area contributed by atoms with Crippen molar-refractivity contribution in [1.29, 1.82) is 0 Å². The van der Waals surface area contributed by atoms with E-state index in [1.54, 1.807) is 7.11 Å². The Hall–Kier alpha value is -1.59. The third kappa shape index (κ3) is 4.03. The number of ether oxygens (including phenoxy) is 1. The Labute approximate surface area is 137 Å². The summed E-state index contributed by atoms with van der Waals surface area (Å²) in [5.41, 5.74) is 0.933. The summed E-state index contributed by atoms with van der Waals surface area (Å²) >= 11 is 0. The number of likely N-dealkylation sites (tertiary alicyclic amines) is 1. The Morgan fingerprint density at radius 1 is 1.26 bits per heavy atom. The van der Waals surface area contributed by atoms with Gasteiger partial charge in [0.25, 0.3) is 0 Å². The van der Waals surface area contributed by atoms with Crippen LogP contribution >= 0.6 is 0 Å². The highest BCUT2D eigenvalue weighted by Crippen LogP contribution is 2.26. The molecule has 0 unspecified atom stereocenters. The van der Waals surface area contributed by atoms with E-state index in [2.05, 4.69) is 29.1 Å². The summed E-state index contributed by atoms with van der Waals surface area (Å²) in [7, 11) is 1.79. The van der Waals surface area contributed by atoms with E-state index in [1.807, 2.05) is 13.0 Å². The monoisotopic (exact) mass is 318 g/mol. The molecule has 0 aromatic carbocycles. The minimum absolute atomic E-state index is 0.227. The summed E-state index contributed by atoms with van der Waals surface area (Å²) in [6.07, 6.45) is 3.22. The second-order valence-corrected chi connectivity index (χ2v) is 6.49. The van der Waals surface area contributed by atoms with Crippen LogP contribution in [0.3, 0.4) is 0 Å². The number of hydrogen-bond donors (Lipinski definition) is 0. The predicted molar refractivity (Wildman–Crippen MR) is 87.2 cm³/mol. The van der Waals surface area contributed by atoms with Crippen LogP contribution in [0.25, 0.3) is 0 Å². The van der Waals surface area contributed by atoms with Crippen LogP contribution < -0.4 is 0 Å². The molecule has 5 heteroatoms. The summed E-state index contributed by atoms with van der Waals surface area (Å²) < 4.78 is 16.9. The fourth-order valence-corrected chi connectivity index (χ4v) is 3.40. The van der Waals surface area contributed by atoms with Gasteiger partial charge < -0.3 is 13.7 Å². The van der Waals surface area contributed by atoms with E-state index in [-0.39, 0.29) is 6.10 Å². The van der Waals surface area contributed by atoms with Gasteiger partial charge in [-0.1, -0.05) is 12.1 Å². The summed E-state index contributed by atoms with van der Waals surface area (Å²) in [6, 6.07) is 6.20. The van der Waals surface area contributed by atoms with Gasteiger partial charge in [0.15, 0.2) is 0 Å². The molecule has 1 saturated heterocycles. The molecule has 0 spiro atoms. The summed E-state index contributed by atoms with van der Waals surface area (Å²) in [4.78, 5) is 2.40. The minimum Gasteiger partial charge on any atom is -0.465 e. The average Bonchev–Trinajstić information content (AvgIpc) is 3.22. The summed E-state index contributed by atoms with van der Waals surface area (Å²) in [5.74, 6) is 3.50. The molecule has 2 aromatic heterocycles. The van der Waals surface area contributed by atoms with Gasteiger partial charge in [-0.3, -0.25) is 4.90 Å². The van der Waals surface area contributed by atoms with Crippen LogP contribution in [0.15, 0.2) is 27.1 Å². The van der Waals surface area contributed by atoms with Crippen molar-refractivity contribution in [3.63, 3.8) is 0 Å². The highest BCUT2D eigenvalue weighted by Gasteiger charge is 2.34. The van der Waals surface area contributed by atoms with Gasteiger partial charge in [0.05, 0.1) is 18.3 Å². The first-order valence-electron chi connectivity index (χ1n) is 8.43. The van der Waals surface area contributed by atoms with Crippen LogP contribution in [0, 0.1) is 12.8 Å². The number of aromatic nitrogens is 1. The molecular weight excluding hydrogens is 292 g/mol. The molecular formula is C18H26N2O3. The maximum atomic E-state index is 5.90. The van der Waals surface area contributed by atoms with Crippen LogP contribution in [0.2, 0.25) is 0 Å². The van der Waals surface area contributed by atoms with Crippen molar-refractivity contribution in [2.45, 2.75) is 45.8 Å². The Balaban J connectivity index is 1.59. The van der Waals surface area contributed by atoms with Gasteiger partial charge >= 0.3 is 0 Å². The van der Waals surface area contributed by atoms with Gasteiger partial charge in [0, 0.05) is 45.0 Å². The van der Waals surface area contributed by atoms with Crippen molar-refractivity contribution in [3.05, 3.63) is 41.2 Å². The smallest absolute Gasteiger partial charge is 0.137 e. The third-order valence-electron chi connectivity index (χ3n) is 4.49. The number of nitrogens with zero attached hydrogens (tertiary/aromatic N) is 2. The first-order chi connectivity index (χ1) is 11.2. The van der Waals surface area contributed by atoms with Crippen molar-refractivity contribution in [3.8, 4) is 0 Å². The molecule has 0 bridgehead atoms. The second-order valence-electron chi connectivity index (χ2n) is 6.49. The molecule has 3 rings (SSSR count). The van der Waals surface area contributed by atoms with E-state index >= 15 is 0 Å². The first kappa shape index (κ1) is 16.3. The van der Waals surface area contributed by atoms with E-state index in [0.29, 0.717) is 5.92 Å². The normalized spacial score (nSPS) is 22.0. The molecule has 0 N–H and O–H groups in total. The fraction of sp³-hybridized carbons (Fsp3) is 0.611. The van der Waals surface area contributed by atoms with E-state index in [9.17, 15) is 0 Å². The zero-order valence-electron chi connectivity index (χ0n) is 14.2. The molecule has 0 amide bonds. The third-order valence-corrected chi connectivity index (χ3v) is 4.49.